The highest BCUT2D eigenvalue weighted by Gasteiger charge is 2.20. The van der Waals surface area contributed by atoms with E-state index in [1.807, 2.05) is 12.1 Å². The molecule has 3 heterocycles. The molecule has 10 heteroatoms. The number of halogens is 2. The molecule has 5 rings (SSSR count). The number of thiazole rings is 1. The molecule has 0 unspecified atom stereocenters. The predicted octanol–water partition coefficient (Wildman–Crippen LogP) is 5.93. The average molecular weight is 515 g/mol. The maximum absolute atomic E-state index is 6.13. The first-order valence-electron chi connectivity index (χ1n) is 10.9. The Balaban J connectivity index is 1.38. The molecule has 0 saturated heterocycles. The van der Waals surface area contributed by atoms with Crippen LogP contribution in [-0.4, -0.2) is 40.1 Å². The normalized spacial score (nSPS) is 13.6. The van der Waals surface area contributed by atoms with E-state index in [1.165, 1.54) is 16.9 Å². The van der Waals surface area contributed by atoms with Gasteiger partial charge in [0.05, 0.1) is 34.1 Å². The van der Waals surface area contributed by atoms with Crippen molar-refractivity contribution in [1.82, 2.24) is 25.2 Å². The molecule has 0 bridgehead atoms. The van der Waals surface area contributed by atoms with Crippen molar-refractivity contribution in [2.24, 2.45) is 0 Å². The summed E-state index contributed by atoms with van der Waals surface area (Å²) in [5.41, 5.74) is 2.53. The number of benzene rings is 2. The first-order valence-corrected chi connectivity index (χ1v) is 12.4. The Bertz CT molecular complexity index is 1350. The summed E-state index contributed by atoms with van der Waals surface area (Å²) < 4.78 is 11.7. The van der Waals surface area contributed by atoms with Gasteiger partial charge in [-0.15, -0.1) is 11.3 Å². The highest BCUT2D eigenvalue weighted by molar-refractivity contribution is 7.11. The Hall–Kier alpha value is -2.65. The topological polar surface area (TPSA) is 74.5 Å². The van der Waals surface area contributed by atoms with Gasteiger partial charge in [-0.25, -0.2) is 20.3 Å². The largest absolute Gasteiger partial charge is 0.493 e. The van der Waals surface area contributed by atoms with Crippen molar-refractivity contribution in [1.29, 1.82) is 0 Å². The summed E-state index contributed by atoms with van der Waals surface area (Å²) in [7, 11) is 1.61. The molecule has 0 spiro atoms. The second-order valence-electron chi connectivity index (χ2n) is 7.81. The smallest absolute Gasteiger partial charge is 0.163 e. The van der Waals surface area contributed by atoms with Crippen LogP contribution < -0.4 is 14.8 Å². The summed E-state index contributed by atoms with van der Waals surface area (Å²) in [5.74, 6) is 1.67. The van der Waals surface area contributed by atoms with Crippen LogP contribution in [0.15, 0.2) is 36.7 Å². The van der Waals surface area contributed by atoms with Gasteiger partial charge >= 0.3 is 0 Å². The average Bonchev–Trinajstić information content (AvgIpc) is 3.26. The van der Waals surface area contributed by atoms with E-state index >= 15 is 0 Å². The second kappa shape index (κ2) is 9.92. The summed E-state index contributed by atoms with van der Waals surface area (Å²) in [4.78, 5) is 17.3. The lowest BCUT2D eigenvalue weighted by Crippen LogP contribution is -2.29. The van der Waals surface area contributed by atoms with E-state index in [1.54, 1.807) is 36.6 Å². The van der Waals surface area contributed by atoms with Gasteiger partial charge in [0.2, 0.25) is 0 Å². The van der Waals surface area contributed by atoms with E-state index in [0.29, 0.717) is 45.2 Å². The van der Waals surface area contributed by atoms with Gasteiger partial charge in [-0.1, -0.05) is 30.1 Å². The number of hydrogen-bond acceptors (Lipinski definition) is 7. The van der Waals surface area contributed by atoms with Gasteiger partial charge in [0, 0.05) is 35.8 Å². The Morgan fingerprint density at radius 2 is 2.00 bits per heavy atom. The van der Waals surface area contributed by atoms with Crippen molar-refractivity contribution >= 4 is 56.9 Å². The summed E-state index contributed by atoms with van der Waals surface area (Å²) >= 11 is 13.9. The summed E-state index contributed by atoms with van der Waals surface area (Å²) in [5, 5.41) is 7.22. The minimum atomic E-state index is 0.372. The number of ether oxygens (including phenoxy) is 2. The third-order valence-electron chi connectivity index (χ3n) is 5.69. The molecule has 2 aromatic carbocycles. The van der Waals surface area contributed by atoms with E-state index in [9.17, 15) is 0 Å². The van der Waals surface area contributed by atoms with Crippen LogP contribution in [0.3, 0.4) is 0 Å². The molecule has 1 aliphatic heterocycles. The monoisotopic (exact) mass is 514 g/mol. The lowest BCUT2D eigenvalue weighted by Gasteiger charge is -2.23. The molecule has 2 aromatic heterocycles. The van der Waals surface area contributed by atoms with Gasteiger partial charge in [0.15, 0.2) is 17.3 Å². The zero-order valence-corrected chi connectivity index (χ0v) is 21.0. The molecule has 34 heavy (non-hydrogen) atoms. The molecule has 7 nitrogen and oxygen atoms in total. The van der Waals surface area contributed by atoms with Crippen LogP contribution in [0.25, 0.3) is 10.9 Å². The van der Waals surface area contributed by atoms with Crippen molar-refractivity contribution in [3.8, 4) is 11.5 Å². The number of nitrogens with zero attached hydrogens (tertiary/aromatic N) is 5. The van der Waals surface area contributed by atoms with Gasteiger partial charge in [-0.2, -0.15) is 0 Å². The standard InChI is InChI=1S/C24H22Cl2N5O2S/c1-3-31-7-6-18-22(11-31)34-23(30-18)12-33-21-10-19-15(9-20(21)32-2)24(28-13-27-19)29-14-4-5-16(25)17(26)8-14/h4-5,8-10,13H,3,6-7,11-12H2,1-2H3. The molecule has 0 fully saturated rings. The molecule has 0 atom stereocenters. The maximum atomic E-state index is 6.13. The van der Waals surface area contributed by atoms with Crippen molar-refractivity contribution in [3.05, 3.63) is 62.3 Å². The summed E-state index contributed by atoms with van der Waals surface area (Å²) in [6.07, 6.45) is 2.46. The number of aromatic nitrogens is 3. The third-order valence-corrected chi connectivity index (χ3v) is 7.49. The molecule has 1 aliphatic rings. The van der Waals surface area contributed by atoms with Gasteiger partial charge in [-0.05, 0) is 30.8 Å². The van der Waals surface area contributed by atoms with Crippen LogP contribution in [-0.2, 0) is 19.6 Å². The summed E-state index contributed by atoms with van der Waals surface area (Å²) in [6.45, 7) is 5.64. The molecule has 175 valence electrons. The van der Waals surface area contributed by atoms with Crippen LogP contribution in [0.2, 0.25) is 10.0 Å². The highest BCUT2D eigenvalue weighted by atomic mass is 35.5. The zero-order valence-electron chi connectivity index (χ0n) is 18.7. The van der Waals surface area contributed by atoms with Crippen LogP contribution in [0.5, 0.6) is 11.5 Å². The van der Waals surface area contributed by atoms with Gasteiger partial charge in [-0.3, -0.25) is 4.90 Å². The van der Waals surface area contributed by atoms with Crippen molar-refractivity contribution in [2.75, 3.05) is 20.2 Å². The summed E-state index contributed by atoms with van der Waals surface area (Å²) in [6, 6.07) is 8.86. The lowest BCUT2D eigenvalue weighted by molar-refractivity contribution is 0.269. The van der Waals surface area contributed by atoms with Gasteiger partial charge in [0.25, 0.3) is 0 Å². The van der Waals surface area contributed by atoms with Crippen LogP contribution in [0.1, 0.15) is 22.5 Å². The van der Waals surface area contributed by atoms with Crippen molar-refractivity contribution < 1.29 is 9.47 Å². The molecule has 1 radical (unpaired) electrons. The zero-order chi connectivity index (χ0) is 23.7. The van der Waals surface area contributed by atoms with E-state index in [0.717, 1.165) is 36.4 Å². The molecule has 0 saturated carbocycles. The van der Waals surface area contributed by atoms with E-state index < -0.39 is 0 Å². The minimum absolute atomic E-state index is 0.372. The molecular formula is C24H22Cl2N5O2S. The van der Waals surface area contributed by atoms with Crippen molar-refractivity contribution in [2.45, 2.75) is 26.5 Å². The molecular weight excluding hydrogens is 493 g/mol. The lowest BCUT2D eigenvalue weighted by atomic mass is 10.2. The second-order valence-corrected chi connectivity index (χ2v) is 9.80. The maximum Gasteiger partial charge on any atom is 0.163 e. The number of likely N-dealkylation sites (N-methyl/N-ethyl adjacent to an activating group) is 1. The fraction of sp³-hybridized carbons (Fsp3) is 0.292. The fourth-order valence-electron chi connectivity index (χ4n) is 3.86. The number of fused-ring (bicyclic) bond motifs is 2. The van der Waals surface area contributed by atoms with Crippen LogP contribution >= 0.6 is 34.5 Å². The fourth-order valence-corrected chi connectivity index (χ4v) is 5.22. The number of rotatable bonds is 7. The Morgan fingerprint density at radius 3 is 2.79 bits per heavy atom. The molecule has 4 aromatic rings. The Labute approximate surface area is 211 Å². The molecule has 0 amide bonds. The molecule has 0 N–H and O–H groups in total. The Morgan fingerprint density at radius 1 is 1.12 bits per heavy atom. The van der Waals surface area contributed by atoms with Gasteiger partial charge < -0.3 is 9.47 Å². The van der Waals surface area contributed by atoms with E-state index in [-0.39, 0.29) is 0 Å². The highest BCUT2D eigenvalue weighted by Crippen LogP contribution is 2.36. The van der Waals surface area contributed by atoms with E-state index in [2.05, 4.69) is 27.1 Å². The number of hydrogen-bond donors (Lipinski definition) is 0. The number of methoxy groups -OCH3 is 1. The first kappa shape index (κ1) is 23.1. The van der Waals surface area contributed by atoms with Crippen molar-refractivity contribution in [3.63, 3.8) is 0 Å². The minimum Gasteiger partial charge on any atom is -0.493 e. The quantitative estimate of drug-likeness (QED) is 0.304. The first-order chi connectivity index (χ1) is 16.5. The van der Waals surface area contributed by atoms with Gasteiger partial charge in [0.1, 0.15) is 17.9 Å². The SMILES string of the molecule is CCN1CCc2nc(COc3cc4ncnc([N]c5ccc(Cl)c(Cl)c5)c4cc3OC)sc2C1. The van der Waals surface area contributed by atoms with Crippen LogP contribution in [0, 0.1) is 0 Å². The molecule has 0 aliphatic carbocycles. The van der Waals surface area contributed by atoms with Crippen LogP contribution in [0.4, 0.5) is 11.5 Å². The third kappa shape index (κ3) is 4.77. The van der Waals surface area contributed by atoms with E-state index in [4.69, 9.17) is 37.7 Å². The predicted molar refractivity (Wildman–Crippen MR) is 135 cm³/mol. The Kier molecular flexibility index (Phi) is 6.74.